The zero-order valence-electron chi connectivity index (χ0n) is 11.8. The van der Waals surface area contributed by atoms with Gasteiger partial charge < -0.3 is 0 Å². The highest BCUT2D eigenvalue weighted by Crippen LogP contribution is 2.44. The van der Waals surface area contributed by atoms with Crippen LogP contribution in [0, 0.1) is 0 Å². The largest absolute Gasteiger partial charge is 0.282 e. The molecule has 0 saturated carbocycles. The molecule has 0 bridgehead atoms. The second-order valence-corrected chi connectivity index (χ2v) is 8.07. The molecule has 2 aromatic rings. The first-order valence-electron chi connectivity index (χ1n) is 6.95. The summed E-state index contributed by atoms with van der Waals surface area (Å²) >= 11 is 7.11. The van der Waals surface area contributed by atoms with E-state index in [1.165, 1.54) is 0 Å². The number of aromatic nitrogens is 1. The van der Waals surface area contributed by atoms with Crippen LogP contribution in [0.1, 0.15) is 10.4 Å². The first kappa shape index (κ1) is 15.8. The number of carbonyl (C=O) groups excluding carboxylic acids is 1. The predicted molar refractivity (Wildman–Crippen MR) is 98.3 cm³/mol. The first-order chi connectivity index (χ1) is 10.8. The number of hydrogen-bond donors (Lipinski definition) is 0. The molecule has 0 radical (unpaired) electrons. The van der Waals surface area contributed by atoms with E-state index in [4.69, 9.17) is 0 Å². The summed E-state index contributed by atoms with van der Waals surface area (Å²) in [5, 5.41) is 1.46. The molecule has 112 valence electrons. The Kier molecular flexibility index (Phi) is 5.39. The Labute approximate surface area is 147 Å². The Bertz CT molecular complexity index is 688. The lowest BCUT2D eigenvalue weighted by Crippen LogP contribution is -2.36. The molecule has 1 saturated heterocycles. The number of rotatable bonds is 4. The molecule has 0 amide bonds. The molecule has 1 fully saturated rings. The summed E-state index contributed by atoms with van der Waals surface area (Å²) < 4.78 is 3.04. The number of alkyl halides is 1. The number of allylic oxidation sites excluding steroid dienone is 1. The molecule has 0 N–H and O–H groups in total. The van der Waals surface area contributed by atoms with Crippen molar-refractivity contribution < 1.29 is 9.36 Å². The molecular weight excluding hydrogens is 378 g/mol. The van der Waals surface area contributed by atoms with E-state index in [0.29, 0.717) is 5.25 Å². The molecule has 1 aliphatic rings. The lowest BCUT2D eigenvalue weighted by atomic mass is 10.1. The molecule has 0 unspecified atom stereocenters. The molecule has 3 rings (SSSR count). The summed E-state index contributed by atoms with van der Waals surface area (Å²) in [6.07, 6.45) is 3.87. The number of nitrogens with zero attached hydrogens (tertiary/aromatic N) is 1. The Morgan fingerprint density at radius 3 is 2.45 bits per heavy atom. The van der Waals surface area contributed by atoms with Crippen molar-refractivity contribution >= 4 is 50.9 Å². The van der Waals surface area contributed by atoms with Crippen LogP contribution in [0.3, 0.4) is 0 Å². The van der Waals surface area contributed by atoms with Gasteiger partial charge >= 0.3 is 0 Å². The average Bonchev–Trinajstić information content (AvgIpc) is 3.05. The standard InChI is InChI=1S/C17H15BrNOS2/c18-11-14-12-21-17(22-14)15(19-9-5-2-6-10-19)16(20)13-7-3-1-4-8-13/h1-10,14H,11-12H2/q+1/b17-15-/t14-/m1/s1. The number of halogens is 1. The van der Waals surface area contributed by atoms with Gasteiger partial charge in [0.25, 0.3) is 11.5 Å². The summed E-state index contributed by atoms with van der Waals surface area (Å²) in [5.41, 5.74) is 1.48. The van der Waals surface area contributed by atoms with Gasteiger partial charge in [0.15, 0.2) is 12.4 Å². The second-order valence-electron chi connectivity index (χ2n) is 4.82. The minimum Gasteiger partial charge on any atom is -0.282 e. The number of Topliss-reactive ketones (excluding diaryl/α,β-unsaturated/α-hetero) is 1. The molecule has 22 heavy (non-hydrogen) atoms. The maximum atomic E-state index is 13.0. The van der Waals surface area contributed by atoms with Gasteiger partial charge in [-0.2, -0.15) is 4.57 Å². The predicted octanol–water partition coefficient (Wildman–Crippen LogP) is 4.23. The lowest BCUT2D eigenvalue weighted by Gasteiger charge is -2.05. The van der Waals surface area contributed by atoms with Gasteiger partial charge in [-0.15, -0.1) is 23.5 Å². The minimum atomic E-state index is 0.0713. The maximum absolute atomic E-state index is 13.0. The van der Waals surface area contributed by atoms with Crippen LogP contribution in [0.5, 0.6) is 0 Å². The third-order valence-corrected chi connectivity index (χ3v) is 7.43. The van der Waals surface area contributed by atoms with Crippen LogP contribution in [0.2, 0.25) is 0 Å². The van der Waals surface area contributed by atoms with Gasteiger partial charge in [-0.3, -0.25) is 4.79 Å². The van der Waals surface area contributed by atoms with Crippen molar-refractivity contribution in [3.8, 4) is 0 Å². The van der Waals surface area contributed by atoms with Crippen molar-refractivity contribution in [2.24, 2.45) is 0 Å². The number of pyridine rings is 1. The van der Waals surface area contributed by atoms with Crippen LogP contribution in [0.4, 0.5) is 0 Å². The zero-order valence-corrected chi connectivity index (χ0v) is 15.0. The Morgan fingerprint density at radius 1 is 1.14 bits per heavy atom. The van der Waals surface area contributed by atoms with Gasteiger partial charge in [0, 0.05) is 34.0 Å². The number of thioether (sulfide) groups is 2. The van der Waals surface area contributed by atoms with Gasteiger partial charge in [0.1, 0.15) is 4.24 Å². The van der Waals surface area contributed by atoms with Crippen molar-refractivity contribution in [2.75, 3.05) is 11.1 Å². The van der Waals surface area contributed by atoms with E-state index in [0.717, 1.165) is 26.6 Å². The average molecular weight is 393 g/mol. The van der Waals surface area contributed by atoms with E-state index in [-0.39, 0.29) is 5.78 Å². The van der Waals surface area contributed by atoms with Crippen LogP contribution in [-0.2, 0) is 0 Å². The van der Waals surface area contributed by atoms with Gasteiger partial charge in [0.05, 0.1) is 0 Å². The molecule has 0 spiro atoms. The topological polar surface area (TPSA) is 20.9 Å². The third-order valence-electron chi connectivity index (χ3n) is 3.26. The molecule has 5 heteroatoms. The number of ketones is 1. The summed E-state index contributed by atoms with van der Waals surface area (Å²) in [6, 6.07) is 15.3. The quantitative estimate of drug-likeness (QED) is 0.336. The second kappa shape index (κ2) is 7.49. The molecule has 1 aliphatic heterocycles. The van der Waals surface area contributed by atoms with Gasteiger partial charge in [-0.1, -0.05) is 52.3 Å². The molecule has 0 aliphatic carbocycles. The summed E-state index contributed by atoms with van der Waals surface area (Å²) in [4.78, 5) is 13.0. The highest BCUT2D eigenvalue weighted by atomic mass is 79.9. The Hall–Kier alpha value is -1.04. The minimum absolute atomic E-state index is 0.0713. The van der Waals surface area contributed by atoms with E-state index in [1.807, 2.05) is 65.5 Å². The van der Waals surface area contributed by atoms with Crippen LogP contribution < -0.4 is 4.57 Å². The SMILES string of the molecule is O=C(/C(=C1\SC[C@@H](CBr)S1)[n+]1ccccc1)c1ccccc1. The number of carbonyl (C=O) groups is 1. The summed E-state index contributed by atoms with van der Waals surface area (Å²) in [5.74, 6) is 1.10. The molecule has 1 atom stereocenters. The maximum Gasteiger partial charge on any atom is 0.279 e. The van der Waals surface area contributed by atoms with Crippen LogP contribution >= 0.6 is 39.5 Å². The van der Waals surface area contributed by atoms with Crippen LogP contribution in [-0.4, -0.2) is 22.1 Å². The van der Waals surface area contributed by atoms with E-state index in [2.05, 4.69) is 15.9 Å². The number of benzene rings is 1. The van der Waals surface area contributed by atoms with Crippen LogP contribution in [0.25, 0.3) is 5.70 Å². The molecule has 1 aromatic carbocycles. The van der Waals surface area contributed by atoms with Crippen molar-refractivity contribution in [3.05, 3.63) is 70.7 Å². The van der Waals surface area contributed by atoms with Gasteiger partial charge in [-0.05, 0) is 0 Å². The molecular formula is C17H15BrNOS2+. The first-order valence-corrected chi connectivity index (χ1v) is 9.94. The van der Waals surface area contributed by atoms with E-state index in [9.17, 15) is 4.79 Å². The highest BCUT2D eigenvalue weighted by Gasteiger charge is 2.32. The monoisotopic (exact) mass is 392 g/mol. The molecule has 2 heterocycles. The fourth-order valence-corrected chi connectivity index (χ4v) is 5.93. The van der Waals surface area contributed by atoms with Gasteiger partial charge in [0.2, 0.25) is 0 Å². The Morgan fingerprint density at radius 2 is 1.82 bits per heavy atom. The van der Waals surface area contributed by atoms with E-state index < -0.39 is 0 Å². The third kappa shape index (κ3) is 3.47. The Balaban J connectivity index is 2.05. The van der Waals surface area contributed by atoms with Crippen molar-refractivity contribution in [1.29, 1.82) is 0 Å². The smallest absolute Gasteiger partial charge is 0.279 e. The van der Waals surface area contributed by atoms with Crippen molar-refractivity contribution in [2.45, 2.75) is 5.25 Å². The fourth-order valence-electron chi connectivity index (χ4n) is 2.18. The van der Waals surface area contributed by atoms with E-state index in [1.54, 1.807) is 23.5 Å². The van der Waals surface area contributed by atoms with E-state index >= 15 is 0 Å². The molecule has 1 aromatic heterocycles. The lowest BCUT2D eigenvalue weighted by molar-refractivity contribution is -0.576. The molecule has 2 nitrogen and oxygen atoms in total. The zero-order chi connectivity index (χ0) is 15.4. The highest BCUT2D eigenvalue weighted by molar-refractivity contribution is 9.09. The number of hydrogen-bond acceptors (Lipinski definition) is 3. The van der Waals surface area contributed by atoms with Crippen molar-refractivity contribution in [1.82, 2.24) is 0 Å². The van der Waals surface area contributed by atoms with Crippen molar-refractivity contribution in [3.63, 3.8) is 0 Å². The van der Waals surface area contributed by atoms with Crippen LogP contribution in [0.15, 0.2) is 65.2 Å². The fraction of sp³-hybridized carbons (Fsp3) is 0.176. The summed E-state index contributed by atoms with van der Waals surface area (Å²) in [6.45, 7) is 0. The van der Waals surface area contributed by atoms with Gasteiger partial charge in [-0.25, -0.2) is 0 Å². The normalized spacial score (nSPS) is 20.0. The summed E-state index contributed by atoms with van der Waals surface area (Å²) in [7, 11) is 0.